The zero-order valence-corrected chi connectivity index (χ0v) is 13.5. The molecule has 4 nitrogen and oxygen atoms in total. The summed E-state index contributed by atoms with van der Waals surface area (Å²) in [5.41, 5.74) is 4.32. The fourth-order valence-corrected chi connectivity index (χ4v) is 2.95. The minimum Gasteiger partial charge on any atom is -0.269 e. The van der Waals surface area contributed by atoms with Crippen LogP contribution in [0.3, 0.4) is 0 Å². The van der Waals surface area contributed by atoms with Crippen molar-refractivity contribution in [3.05, 3.63) is 34.9 Å². The summed E-state index contributed by atoms with van der Waals surface area (Å²) < 4.78 is 4.07. The lowest BCUT2D eigenvalue weighted by atomic mass is 10.2. The molecule has 110 valence electrons. The number of aryl methyl sites for hydroxylation is 1. The number of hydrogen-bond donors (Lipinski definition) is 0. The molecule has 2 heterocycles. The average Bonchev–Trinajstić information content (AvgIpc) is 2.98. The van der Waals surface area contributed by atoms with Crippen LogP contribution in [0.1, 0.15) is 55.4 Å². The lowest BCUT2D eigenvalue weighted by molar-refractivity contribution is 0.423. The van der Waals surface area contributed by atoms with Crippen LogP contribution in [-0.2, 0) is 12.4 Å². The van der Waals surface area contributed by atoms with E-state index >= 15 is 0 Å². The van der Waals surface area contributed by atoms with E-state index in [1.807, 2.05) is 11.6 Å². The maximum Gasteiger partial charge on any atom is 0.0853 e. The van der Waals surface area contributed by atoms with E-state index < -0.39 is 0 Å². The third kappa shape index (κ3) is 2.90. The van der Waals surface area contributed by atoms with E-state index in [0.717, 1.165) is 35.5 Å². The Kier molecular flexibility index (Phi) is 4.86. The largest absolute Gasteiger partial charge is 0.269 e. The molecule has 0 bridgehead atoms. The van der Waals surface area contributed by atoms with Crippen molar-refractivity contribution in [2.24, 2.45) is 0 Å². The van der Waals surface area contributed by atoms with Crippen molar-refractivity contribution < 1.29 is 0 Å². The van der Waals surface area contributed by atoms with Gasteiger partial charge in [-0.25, -0.2) is 0 Å². The predicted octanol–water partition coefficient (Wildman–Crippen LogP) is 3.84. The lowest BCUT2D eigenvalue weighted by Crippen LogP contribution is -2.10. The molecular weight excluding hydrogens is 272 g/mol. The summed E-state index contributed by atoms with van der Waals surface area (Å²) in [5, 5.41) is 9.23. The van der Waals surface area contributed by atoms with E-state index in [-0.39, 0.29) is 0 Å². The Bertz CT molecular complexity index is 566. The van der Waals surface area contributed by atoms with Gasteiger partial charge in [0.2, 0.25) is 0 Å². The molecule has 2 rings (SSSR count). The summed E-state index contributed by atoms with van der Waals surface area (Å²) in [7, 11) is 0. The molecule has 0 N–H and O–H groups in total. The minimum atomic E-state index is 0.489. The second-order valence-corrected chi connectivity index (χ2v) is 5.47. The zero-order chi connectivity index (χ0) is 14.7. The predicted molar refractivity (Wildman–Crippen MR) is 82.2 cm³/mol. The van der Waals surface area contributed by atoms with Crippen LogP contribution < -0.4 is 0 Å². The Morgan fingerprint density at radius 2 is 1.90 bits per heavy atom. The molecule has 5 heteroatoms. The smallest absolute Gasteiger partial charge is 0.0853 e. The Morgan fingerprint density at radius 1 is 1.20 bits per heavy atom. The first-order valence-corrected chi connectivity index (χ1v) is 7.77. The molecule has 0 aliphatic carbocycles. The summed E-state index contributed by atoms with van der Waals surface area (Å²) in [6.45, 7) is 9.17. The monoisotopic (exact) mass is 294 g/mol. The Labute approximate surface area is 125 Å². The van der Waals surface area contributed by atoms with Crippen molar-refractivity contribution in [3.63, 3.8) is 0 Å². The number of nitrogens with zero attached hydrogens (tertiary/aromatic N) is 4. The highest BCUT2D eigenvalue weighted by Gasteiger charge is 2.13. The quantitative estimate of drug-likeness (QED) is 0.759. The molecule has 0 atom stereocenters. The van der Waals surface area contributed by atoms with Crippen LogP contribution in [0.25, 0.3) is 0 Å². The van der Waals surface area contributed by atoms with E-state index in [0.29, 0.717) is 18.5 Å². The molecule has 0 aliphatic rings. The van der Waals surface area contributed by atoms with E-state index in [4.69, 9.17) is 11.6 Å². The molecule has 2 aromatic heterocycles. The fourth-order valence-electron chi connectivity index (χ4n) is 2.56. The van der Waals surface area contributed by atoms with Crippen molar-refractivity contribution >= 4 is 11.6 Å². The molecule has 0 saturated heterocycles. The van der Waals surface area contributed by atoms with Gasteiger partial charge in [-0.3, -0.25) is 9.36 Å². The number of halogens is 1. The average molecular weight is 295 g/mol. The van der Waals surface area contributed by atoms with Gasteiger partial charge < -0.3 is 0 Å². The summed E-state index contributed by atoms with van der Waals surface area (Å²) in [4.78, 5) is 0. The highest BCUT2D eigenvalue weighted by Crippen LogP contribution is 2.18. The van der Waals surface area contributed by atoms with Crippen LogP contribution in [0, 0.1) is 13.8 Å². The van der Waals surface area contributed by atoms with Crippen LogP contribution in [0.15, 0.2) is 12.3 Å². The van der Waals surface area contributed by atoms with Gasteiger partial charge in [-0.05, 0) is 32.8 Å². The van der Waals surface area contributed by atoms with Crippen molar-refractivity contribution in [3.8, 4) is 0 Å². The van der Waals surface area contributed by atoms with Gasteiger partial charge in [0.25, 0.3) is 0 Å². The van der Waals surface area contributed by atoms with Crippen LogP contribution in [0.2, 0.25) is 0 Å². The van der Waals surface area contributed by atoms with Crippen molar-refractivity contribution in [1.29, 1.82) is 0 Å². The van der Waals surface area contributed by atoms with E-state index in [9.17, 15) is 0 Å². The van der Waals surface area contributed by atoms with Crippen LogP contribution in [0.5, 0.6) is 0 Å². The Hall–Kier alpha value is -1.29. The molecule has 20 heavy (non-hydrogen) atoms. The summed E-state index contributed by atoms with van der Waals surface area (Å²) in [5.74, 6) is 0.514. The van der Waals surface area contributed by atoms with Gasteiger partial charge in [-0.2, -0.15) is 10.2 Å². The molecular formula is C15H23ClN4. The van der Waals surface area contributed by atoms with Crippen molar-refractivity contribution in [2.45, 2.75) is 59.0 Å². The number of rotatable bonds is 6. The third-order valence-corrected chi connectivity index (χ3v) is 4.22. The molecule has 0 unspecified atom stereocenters. The fraction of sp³-hybridized carbons (Fsp3) is 0.600. The molecule has 0 fully saturated rings. The van der Waals surface area contributed by atoms with Gasteiger partial charge in [0.05, 0.1) is 29.9 Å². The number of aromatic nitrogens is 4. The normalized spacial score (nSPS) is 11.5. The molecule has 0 aliphatic heterocycles. The summed E-state index contributed by atoms with van der Waals surface area (Å²) in [6.07, 6.45) is 4.28. The highest BCUT2D eigenvalue weighted by molar-refractivity contribution is 6.17. The van der Waals surface area contributed by atoms with E-state index in [2.05, 4.69) is 47.9 Å². The topological polar surface area (TPSA) is 35.6 Å². The highest BCUT2D eigenvalue weighted by atomic mass is 35.5. The third-order valence-electron chi connectivity index (χ3n) is 3.96. The van der Waals surface area contributed by atoms with Gasteiger partial charge >= 0.3 is 0 Å². The van der Waals surface area contributed by atoms with Gasteiger partial charge in [0, 0.05) is 17.5 Å². The summed E-state index contributed by atoms with van der Waals surface area (Å²) >= 11 is 5.96. The zero-order valence-electron chi connectivity index (χ0n) is 12.7. The van der Waals surface area contributed by atoms with Gasteiger partial charge in [0.1, 0.15) is 0 Å². The first-order valence-electron chi connectivity index (χ1n) is 7.23. The molecule has 0 amide bonds. The first-order chi connectivity index (χ1) is 9.60. The first kappa shape index (κ1) is 15.1. The SMILES string of the molecule is CCC(CC)n1ccc(Cn2nc(C)c(CCl)c2C)n1. The maximum atomic E-state index is 5.96. The van der Waals surface area contributed by atoms with E-state index in [1.165, 1.54) is 0 Å². The standard InChI is InChI=1S/C15H23ClN4/c1-5-14(6-2)19-8-7-13(18-19)10-20-12(4)15(9-16)11(3)17-20/h7-8,14H,5-6,9-10H2,1-4H3. The maximum absolute atomic E-state index is 5.96. The Morgan fingerprint density at radius 3 is 2.45 bits per heavy atom. The van der Waals surface area contributed by atoms with Crippen LogP contribution in [-0.4, -0.2) is 19.6 Å². The second-order valence-electron chi connectivity index (χ2n) is 5.20. The second kappa shape index (κ2) is 6.44. The molecule has 0 radical (unpaired) electrons. The van der Waals surface area contributed by atoms with Crippen LogP contribution >= 0.6 is 11.6 Å². The lowest BCUT2D eigenvalue weighted by Gasteiger charge is -2.12. The van der Waals surface area contributed by atoms with E-state index in [1.54, 1.807) is 0 Å². The molecule has 0 aromatic carbocycles. The summed E-state index contributed by atoms with van der Waals surface area (Å²) in [6, 6.07) is 2.57. The Balaban J connectivity index is 2.19. The van der Waals surface area contributed by atoms with Crippen molar-refractivity contribution in [1.82, 2.24) is 19.6 Å². The molecule has 0 spiro atoms. The number of hydrogen-bond acceptors (Lipinski definition) is 2. The van der Waals surface area contributed by atoms with Crippen LogP contribution in [0.4, 0.5) is 0 Å². The molecule has 0 saturated carbocycles. The minimum absolute atomic E-state index is 0.489. The van der Waals surface area contributed by atoms with Gasteiger partial charge in [0.15, 0.2) is 0 Å². The van der Waals surface area contributed by atoms with Crippen molar-refractivity contribution in [2.75, 3.05) is 0 Å². The number of alkyl halides is 1. The van der Waals surface area contributed by atoms with Gasteiger partial charge in [-0.15, -0.1) is 11.6 Å². The molecule has 2 aromatic rings. The van der Waals surface area contributed by atoms with Gasteiger partial charge in [-0.1, -0.05) is 13.8 Å².